The monoisotopic (exact) mass is 274 g/mol. The number of hydrogen-bond donors (Lipinski definition) is 0. The quantitative estimate of drug-likeness (QED) is 0.612. The Morgan fingerprint density at radius 2 is 1.84 bits per heavy atom. The number of benzene rings is 1. The predicted molar refractivity (Wildman–Crippen MR) is 64.1 cm³/mol. The lowest BCUT2D eigenvalue weighted by atomic mass is 10.0. The Labute approximate surface area is 108 Å². The number of hydrogen-bond acceptors (Lipinski definition) is 3. The van der Waals surface area contributed by atoms with Crippen LogP contribution in [0.3, 0.4) is 0 Å². The smallest absolute Gasteiger partial charge is 0.360 e. The summed E-state index contributed by atoms with van der Waals surface area (Å²) in [5.41, 5.74) is 0.261. The van der Waals surface area contributed by atoms with Crippen molar-refractivity contribution in [3.05, 3.63) is 34.4 Å². The fourth-order valence-electron chi connectivity index (χ4n) is 2.35. The molecule has 1 heterocycles. The maximum Gasteiger partial charge on any atom is 0.408 e. The van der Waals surface area contributed by atoms with Crippen LogP contribution in [0.1, 0.15) is 19.3 Å². The van der Waals surface area contributed by atoms with Crippen LogP contribution in [0.25, 0.3) is 0 Å². The van der Waals surface area contributed by atoms with Gasteiger partial charge in [0.2, 0.25) is 0 Å². The van der Waals surface area contributed by atoms with Gasteiger partial charge in [0, 0.05) is 24.4 Å². The molecule has 0 saturated carbocycles. The minimum Gasteiger partial charge on any atom is -0.360 e. The summed E-state index contributed by atoms with van der Waals surface area (Å²) in [6, 6.07) is 3.72. The molecule has 1 aromatic carbocycles. The van der Waals surface area contributed by atoms with Crippen molar-refractivity contribution >= 4 is 11.4 Å². The van der Waals surface area contributed by atoms with E-state index in [9.17, 15) is 23.3 Å². The molecule has 7 heteroatoms. The highest BCUT2D eigenvalue weighted by molar-refractivity contribution is 5.52. The molecule has 1 aliphatic rings. The molecule has 19 heavy (non-hydrogen) atoms. The van der Waals surface area contributed by atoms with E-state index in [1.54, 1.807) is 0 Å². The van der Waals surface area contributed by atoms with E-state index in [0.717, 1.165) is 0 Å². The van der Waals surface area contributed by atoms with Gasteiger partial charge in [0.25, 0.3) is 5.69 Å². The number of nitro groups is 1. The highest BCUT2D eigenvalue weighted by Crippen LogP contribution is 2.35. The maximum atomic E-state index is 12.9. The van der Waals surface area contributed by atoms with Crippen LogP contribution in [0, 0.1) is 10.1 Å². The lowest BCUT2D eigenvalue weighted by Crippen LogP contribution is -2.48. The Morgan fingerprint density at radius 3 is 2.37 bits per heavy atom. The van der Waals surface area contributed by atoms with Gasteiger partial charge in [0.05, 0.1) is 4.92 Å². The third-order valence-electron chi connectivity index (χ3n) is 3.27. The van der Waals surface area contributed by atoms with Crippen molar-refractivity contribution in [3.8, 4) is 0 Å². The highest BCUT2D eigenvalue weighted by Gasteiger charge is 2.44. The molecule has 1 aromatic rings. The van der Waals surface area contributed by atoms with E-state index in [4.69, 9.17) is 0 Å². The van der Waals surface area contributed by atoms with E-state index >= 15 is 0 Å². The maximum absolute atomic E-state index is 12.9. The first-order valence-electron chi connectivity index (χ1n) is 5.97. The molecule has 1 fully saturated rings. The average molecular weight is 274 g/mol. The second-order valence-corrected chi connectivity index (χ2v) is 4.52. The van der Waals surface area contributed by atoms with Crippen LogP contribution in [-0.2, 0) is 0 Å². The van der Waals surface area contributed by atoms with Crippen LogP contribution in [0.15, 0.2) is 24.3 Å². The Morgan fingerprint density at radius 1 is 1.21 bits per heavy atom. The molecule has 0 radical (unpaired) electrons. The van der Waals surface area contributed by atoms with Gasteiger partial charge in [-0.15, -0.1) is 0 Å². The fraction of sp³-hybridized carbons (Fsp3) is 0.500. The number of halogens is 3. The minimum absolute atomic E-state index is 0.0699. The van der Waals surface area contributed by atoms with E-state index in [-0.39, 0.29) is 12.1 Å². The molecule has 0 bridgehead atoms. The topological polar surface area (TPSA) is 46.4 Å². The molecular weight excluding hydrogens is 261 g/mol. The van der Waals surface area contributed by atoms with Gasteiger partial charge in [-0.05, 0) is 31.4 Å². The molecule has 0 amide bonds. The fourth-order valence-corrected chi connectivity index (χ4v) is 2.35. The van der Waals surface area contributed by atoms with Crippen molar-refractivity contribution in [3.63, 3.8) is 0 Å². The molecule has 1 atom stereocenters. The van der Waals surface area contributed by atoms with Crippen LogP contribution >= 0.6 is 0 Å². The van der Waals surface area contributed by atoms with Crippen LogP contribution in [-0.4, -0.2) is 23.7 Å². The SMILES string of the molecule is O=[N+]([O-])c1ccc(N2CCCC[C@@H]2C(F)(F)F)cc1. The zero-order chi connectivity index (χ0) is 14.0. The van der Waals surface area contributed by atoms with Crippen molar-refractivity contribution in [2.24, 2.45) is 0 Å². The van der Waals surface area contributed by atoms with Crippen molar-refractivity contribution in [1.82, 2.24) is 0 Å². The third-order valence-corrected chi connectivity index (χ3v) is 3.27. The first-order chi connectivity index (χ1) is 8.89. The zero-order valence-electron chi connectivity index (χ0n) is 10.1. The molecule has 1 aliphatic heterocycles. The molecule has 0 N–H and O–H groups in total. The first-order valence-corrected chi connectivity index (χ1v) is 5.97. The molecule has 1 saturated heterocycles. The Bertz CT molecular complexity index is 459. The van der Waals surface area contributed by atoms with Crippen LogP contribution in [0.2, 0.25) is 0 Å². The number of alkyl halides is 3. The van der Waals surface area contributed by atoms with Crippen molar-refractivity contribution in [1.29, 1.82) is 0 Å². The Balaban J connectivity index is 2.25. The summed E-state index contributed by atoms with van der Waals surface area (Å²) in [7, 11) is 0. The Hall–Kier alpha value is -1.79. The van der Waals surface area contributed by atoms with Gasteiger partial charge in [0.15, 0.2) is 0 Å². The molecule has 0 aliphatic carbocycles. The lowest BCUT2D eigenvalue weighted by molar-refractivity contribution is -0.384. The molecule has 4 nitrogen and oxygen atoms in total. The van der Waals surface area contributed by atoms with E-state index in [2.05, 4.69) is 0 Å². The van der Waals surface area contributed by atoms with Crippen LogP contribution < -0.4 is 4.90 Å². The molecule has 0 spiro atoms. The van der Waals surface area contributed by atoms with Crippen molar-refractivity contribution < 1.29 is 18.1 Å². The number of nitro benzene ring substituents is 1. The molecular formula is C12H13F3N2O2. The second-order valence-electron chi connectivity index (χ2n) is 4.52. The van der Waals surface area contributed by atoms with E-state index in [0.29, 0.717) is 25.1 Å². The summed E-state index contributed by atoms with van der Waals surface area (Å²) in [6.07, 6.45) is -2.96. The highest BCUT2D eigenvalue weighted by atomic mass is 19.4. The molecule has 0 unspecified atom stereocenters. The largest absolute Gasteiger partial charge is 0.408 e. The predicted octanol–water partition coefficient (Wildman–Crippen LogP) is 3.52. The zero-order valence-corrected chi connectivity index (χ0v) is 10.1. The van der Waals surface area contributed by atoms with Crippen LogP contribution in [0.4, 0.5) is 24.5 Å². The molecule has 0 aromatic heterocycles. The standard InChI is InChI=1S/C12H13F3N2O2/c13-12(14,15)11-3-1-2-8-16(11)9-4-6-10(7-5-9)17(18)19/h4-7,11H,1-3,8H2/t11-/m1/s1. The van der Waals surface area contributed by atoms with E-state index in [1.807, 2.05) is 0 Å². The van der Waals surface area contributed by atoms with E-state index < -0.39 is 17.1 Å². The normalized spacial score (nSPS) is 20.4. The number of rotatable bonds is 2. The summed E-state index contributed by atoms with van der Waals surface area (Å²) >= 11 is 0. The van der Waals surface area contributed by atoms with E-state index in [1.165, 1.54) is 29.2 Å². The van der Waals surface area contributed by atoms with Crippen LogP contribution in [0.5, 0.6) is 0 Å². The number of non-ortho nitro benzene ring substituents is 1. The van der Waals surface area contributed by atoms with Gasteiger partial charge in [-0.2, -0.15) is 13.2 Å². The summed E-state index contributed by atoms with van der Waals surface area (Å²) in [5.74, 6) is 0. The van der Waals surface area contributed by atoms with Gasteiger partial charge in [0.1, 0.15) is 6.04 Å². The van der Waals surface area contributed by atoms with Crippen molar-refractivity contribution in [2.45, 2.75) is 31.5 Å². The van der Waals surface area contributed by atoms with Gasteiger partial charge >= 0.3 is 6.18 Å². The van der Waals surface area contributed by atoms with Crippen molar-refractivity contribution in [2.75, 3.05) is 11.4 Å². The Kier molecular flexibility index (Phi) is 3.64. The molecule has 2 rings (SSSR count). The lowest BCUT2D eigenvalue weighted by Gasteiger charge is -2.38. The van der Waals surface area contributed by atoms with Gasteiger partial charge in [-0.1, -0.05) is 0 Å². The summed E-state index contributed by atoms with van der Waals surface area (Å²) in [6.45, 7) is 0.321. The van der Waals surface area contributed by atoms with Gasteiger partial charge < -0.3 is 4.90 Å². The van der Waals surface area contributed by atoms with Gasteiger partial charge in [-0.25, -0.2) is 0 Å². The van der Waals surface area contributed by atoms with Gasteiger partial charge in [-0.3, -0.25) is 10.1 Å². The summed E-state index contributed by atoms with van der Waals surface area (Å²) in [4.78, 5) is 11.2. The number of nitrogens with zero attached hydrogens (tertiary/aromatic N) is 2. The summed E-state index contributed by atoms with van der Waals surface area (Å²) < 4.78 is 38.8. The summed E-state index contributed by atoms with van der Waals surface area (Å²) in [5, 5.41) is 10.5. The first kappa shape index (κ1) is 13.6. The second kappa shape index (κ2) is 5.07. The third kappa shape index (κ3) is 2.97. The minimum atomic E-state index is -4.28. The average Bonchev–Trinajstić information content (AvgIpc) is 2.38. The number of piperidine rings is 1. The molecule has 104 valence electrons. The number of anilines is 1.